The van der Waals surface area contributed by atoms with Crippen molar-refractivity contribution in [3.05, 3.63) is 53.7 Å². The summed E-state index contributed by atoms with van der Waals surface area (Å²) in [4.78, 5) is 4.24. The van der Waals surface area contributed by atoms with Gasteiger partial charge in [0.15, 0.2) is 0 Å². The maximum Gasteiger partial charge on any atom is 0.0960 e. The molecule has 2 aromatic heterocycles. The van der Waals surface area contributed by atoms with E-state index in [9.17, 15) is 5.11 Å². The number of hydrogen-bond donors (Lipinski definition) is 1. The number of furan rings is 1. The molecule has 0 aliphatic carbocycles. The summed E-state index contributed by atoms with van der Waals surface area (Å²) in [6.45, 7) is 1.99. The van der Waals surface area contributed by atoms with Gasteiger partial charge in [-0.3, -0.25) is 4.98 Å². The topological polar surface area (TPSA) is 46.3 Å². The molecule has 2 heterocycles. The van der Waals surface area contributed by atoms with Gasteiger partial charge in [0.25, 0.3) is 0 Å². The molecule has 2 aromatic rings. The second-order valence-electron chi connectivity index (χ2n) is 3.60. The molecule has 0 radical (unpaired) electrons. The summed E-state index contributed by atoms with van der Waals surface area (Å²) < 4.78 is 4.91. The zero-order valence-electron chi connectivity index (χ0n) is 8.55. The summed E-state index contributed by atoms with van der Waals surface area (Å²) in [5, 5.41) is 9.83. The van der Waals surface area contributed by atoms with E-state index in [0.717, 1.165) is 16.8 Å². The van der Waals surface area contributed by atoms with E-state index >= 15 is 0 Å². The molecule has 15 heavy (non-hydrogen) atoms. The van der Waals surface area contributed by atoms with Crippen LogP contribution in [0.15, 0.2) is 41.3 Å². The Balaban J connectivity index is 2.06. The standard InChI is InChI=1S/C12H13NO2/c1-9-2-3-11(13-7-9)6-12(14)10-4-5-15-8-10/h2-5,7-8,12,14H,6H2,1H3. The highest BCUT2D eigenvalue weighted by Crippen LogP contribution is 2.17. The van der Waals surface area contributed by atoms with Crippen LogP contribution in [-0.4, -0.2) is 10.1 Å². The minimum atomic E-state index is -0.543. The van der Waals surface area contributed by atoms with Crippen molar-refractivity contribution in [2.45, 2.75) is 19.4 Å². The van der Waals surface area contributed by atoms with Crippen molar-refractivity contribution in [1.29, 1.82) is 0 Å². The van der Waals surface area contributed by atoms with Crippen LogP contribution < -0.4 is 0 Å². The van der Waals surface area contributed by atoms with Crippen LogP contribution in [0.1, 0.15) is 22.9 Å². The number of rotatable bonds is 3. The molecular weight excluding hydrogens is 190 g/mol. The molecule has 3 nitrogen and oxygen atoms in total. The Morgan fingerprint density at radius 2 is 2.27 bits per heavy atom. The van der Waals surface area contributed by atoms with Crippen LogP contribution in [0.5, 0.6) is 0 Å². The van der Waals surface area contributed by atoms with E-state index in [1.807, 2.05) is 19.1 Å². The molecule has 1 N–H and O–H groups in total. The highest BCUT2D eigenvalue weighted by molar-refractivity contribution is 5.16. The number of aliphatic hydroxyl groups is 1. The highest BCUT2D eigenvalue weighted by atomic mass is 16.3. The molecule has 2 rings (SSSR count). The van der Waals surface area contributed by atoms with Gasteiger partial charge in [0.05, 0.1) is 18.6 Å². The predicted octanol–water partition coefficient (Wildman–Crippen LogP) is 2.26. The van der Waals surface area contributed by atoms with Crippen molar-refractivity contribution in [3.63, 3.8) is 0 Å². The fourth-order valence-electron chi connectivity index (χ4n) is 1.40. The van der Waals surface area contributed by atoms with Crippen molar-refractivity contribution in [2.24, 2.45) is 0 Å². The molecule has 0 fully saturated rings. The molecule has 0 saturated heterocycles. The van der Waals surface area contributed by atoms with Gasteiger partial charge in [0, 0.05) is 23.9 Å². The molecule has 0 amide bonds. The summed E-state index contributed by atoms with van der Waals surface area (Å²) in [6, 6.07) is 5.68. The third kappa shape index (κ3) is 2.44. The summed E-state index contributed by atoms with van der Waals surface area (Å²) in [5.74, 6) is 0. The largest absolute Gasteiger partial charge is 0.472 e. The van der Waals surface area contributed by atoms with E-state index in [1.54, 1.807) is 24.8 Å². The average molecular weight is 203 g/mol. The Kier molecular flexibility index (Phi) is 2.83. The molecule has 0 bridgehead atoms. The van der Waals surface area contributed by atoms with Gasteiger partial charge in [-0.15, -0.1) is 0 Å². The van der Waals surface area contributed by atoms with Crippen LogP contribution in [-0.2, 0) is 6.42 Å². The minimum absolute atomic E-state index is 0.514. The normalized spacial score (nSPS) is 12.7. The van der Waals surface area contributed by atoms with E-state index in [2.05, 4.69) is 4.98 Å². The van der Waals surface area contributed by atoms with Gasteiger partial charge >= 0.3 is 0 Å². The number of aryl methyl sites for hydroxylation is 1. The smallest absolute Gasteiger partial charge is 0.0960 e. The highest BCUT2D eigenvalue weighted by Gasteiger charge is 2.10. The van der Waals surface area contributed by atoms with Crippen molar-refractivity contribution in [2.75, 3.05) is 0 Å². The van der Waals surface area contributed by atoms with Gasteiger partial charge < -0.3 is 9.52 Å². The van der Waals surface area contributed by atoms with Crippen molar-refractivity contribution in [3.8, 4) is 0 Å². The van der Waals surface area contributed by atoms with Gasteiger partial charge in [0.1, 0.15) is 0 Å². The Morgan fingerprint density at radius 3 is 2.87 bits per heavy atom. The summed E-state index contributed by atoms with van der Waals surface area (Å²) >= 11 is 0. The Bertz CT molecular complexity index is 406. The monoisotopic (exact) mass is 203 g/mol. The summed E-state index contributed by atoms with van der Waals surface area (Å²) in [6.07, 6.45) is 4.89. The maximum atomic E-state index is 9.83. The summed E-state index contributed by atoms with van der Waals surface area (Å²) in [5.41, 5.74) is 2.79. The van der Waals surface area contributed by atoms with E-state index in [-0.39, 0.29) is 0 Å². The second-order valence-corrected chi connectivity index (χ2v) is 3.60. The first-order valence-electron chi connectivity index (χ1n) is 4.87. The third-order valence-electron chi connectivity index (χ3n) is 2.30. The Morgan fingerprint density at radius 1 is 1.40 bits per heavy atom. The zero-order chi connectivity index (χ0) is 10.7. The van der Waals surface area contributed by atoms with Gasteiger partial charge in [-0.25, -0.2) is 0 Å². The molecule has 0 aromatic carbocycles. The van der Waals surface area contributed by atoms with Gasteiger partial charge in [0.2, 0.25) is 0 Å². The fraction of sp³-hybridized carbons (Fsp3) is 0.250. The van der Waals surface area contributed by atoms with Crippen LogP contribution in [0, 0.1) is 6.92 Å². The van der Waals surface area contributed by atoms with Crippen LogP contribution in [0.25, 0.3) is 0 Å². The lowest BCUT2D eigenvalue weighted by Gasteiger charge is -2.07. The van der Waals surface area contributed by atoms with E-state index in [4.69, 9.17) is 4.42 Å². The summed E-state index contributed by atoms with van der Waals surface area (Å²) in [7, 11) is 0. The average Bonchev–Trinajstić information content (AvgIpc) is 2.74. The fourth-order valence-corrected chi connectivity index (χ4v) is 1.40. The molecule has 0 spiro atoms. The first kappa shape index (κ1) is 9.93. The predicted molar refractivity (Wildman–Crippen MR) is 56.3 cm³/mol. The lowest BCUT2D eigenvalue weighted by Crippen LogP contribution is -2.02. The van der Waals surface area contributed by atoms with Crippen LogP contribution in [0.4, 0.5) is 0 Å². The molecule has 0 aliphatic heterocycles. The Hall–Kier alpha value is -1.61. The molecule has 1 unspecified atom stereocenters. The number of pyridine rings is 1. The first-order chi connectivity index (χ1) is 7.25. The van der Waals surface area contributed by atoms with Crippen LogP contribution in [0.2, 0.25) is 0 Å². The molecule has 78 valence electrons. The van der Waals surface area contributed by atoms with Crippen LogP contribution >= 0.6 is 0 Å². The third-order valence-corrected chi connectivity index (χ3v) is 2.30. The minimum Gasteiger partial charge on any atom is -0.472 e. The zero-order valence-corrected chi connectivity index (χ0v) is 8.55. The van der Waals surface area contributed by atoms with Crippen molar-refractivity contribution >= 4 is 0 Å². The quantitative estimate of drug-likeness (QED) is 0.832. The Labute approximate surface area is 88.4 Å². The van der Waals surface area contributed by atoms with Gasteiger partial charge in [-0.2, -0.15) is 0 Å². The second kappa shape index (κ2) is 4.28. The molecule has 0 saturated carbocycles. The number of aromatic nitrogens is 1. The molecular formula is C12H13NO2. The van der Waals surface area contributed by atoms with E-state index in [0.29, 0.717) is 6.42 Å². The van der Waals surface area contributed by atoms with Gasteiger partial charge in [-0.1, -0.05) is 6.07 Å². The SMILES string of the molecule is Cc1ccc(CC(O)c2ccoc2)nc1. The van der Waals surface area contributed by atoms with Gasteiger partial charge in [-0.05, 0) is 24.6 Å². The van der Waals surface area contributed by atoms with E-state index < -0.39 is 6.10 Å². The maximum absolute atomic E-state index is 9.83. The van der Waals surface area contributed by atoms with Crippen LogP contribution in [0.3, 0.4) is 0 Å². The van der Waals surface area contributed by atoms with Crippen molar-refractivity contribution in [1.82, 2.24) is 4.98 Å². The molecule has 3 heteroatoms. The number of aliphatic hydroxyl groups excluding tert-OH is 1. The lowest BCUT2D eigenvalue weighted by molar-refractivity contribution is 0.176. The molecule has 1 atom stereocenters. The van der Waals surface area contributed by atoms with Crippen molar-refractivity contribution < 1.29 is 9.52 Å². The number of hydrogen-bond acceptors (Lipinski definition) is 3. The first-order valence-corrected chi connectivity index (χ1v) is 4.87. The van der Waals surface area contributed by atoms with E-state index in [1.165, 1.54) is 0 Å². The number of nitrogens with zero attached hydrogens (tertiary/aromatic N) is 1. The molecule has 0 aliphatic rings. The lowest BCUT2D eigenvalue weighted by atomic mass is 10.1.